The second-order valence-electron chi connectivity index (χ2n) is 9.42. The number of rotatable bonds is 8. The topological polar surface area (TPSA) is 76.5 Å². The van der Waals surface area contributed by atoms with Crippen molar-refractivity contribution in [3.63, 3.8) is 0 Å². The molecular formula is C29H32N4O3. The van der Waals surface area contributed by atoms with E-state index in [0.29, 0.717) is 28.0 Å². The van der Waals surface area contributed by atoms with Crippen LogP contribution in [-0.2, 0) is 17.9 Å². The second kappa shape index (κ2) is 10.7. The van der Waals surface area contributed by atoms with E-state index in [1.807, 2.05) is 82.5 Å². The Labute approximate surface area is 211 Å². The van der Waals surface area contributed by atoms with Crippen LogP contribution in [0, 0.1) is 0 Å². The molecule has 1 aromatic heterocycles. The first-order chi connectivity index (χ1) is 17.3. The number of methoxy groups -OCH3 is 1. The highest BCUT2D eigenvalue weighted by Gasteiger charge is 2.19. The van der Waals surface area contributed by atoms with Crippen LogP contribution >= 0.6 is 0 Å². The Morgan fingerprint density at radius 3 is 2.50 bits per heavy atom. The van der Waals surface area contributed by atoms with Crippen molar-refractivity contribution < 1.29 is 9.53 Å². The Morgan fingerprint density at radius 1 is 1.03 bits per heavy atom. The van der Waals surface area contributed by atoms with Gasteiger partial charge < -0.3 is 15.0 Å². The van der Waals surface area contributed by atoms with Gasteiger partial charge in [-0.15, -0.1) is 0 Å². The molecule has 0 bridgehead atoms. The molecule has 0 saturated carbocycles. The van der Waals surface area contributed by atoms with E-state index >= 15 is 0 Å². The zero-order valence-corrected chi connectivity index (χ0v) is 21.4. The third-order valence-corrected chi connectivity index (χ3v) is 5.81. The zero-order valence-electron chi connectivity index (χ0n) is 21.4. The van der Waals surface area contributed by atoms with Crippen LogP contribution in [0.4, 0.5) is 0 Å². The number of amides is 1. The summed E-state index contributed by atoms with van der Waals surface area (Å²) >= 11 is 0. The van der Waals surface area contributed by atoms with Crippen LogP contribution < -0.4 is 15.6 Å². The van der Waals surface area contributed by atoms with Gasteiger partial charge in [0.2, 0.25) is 5.91 Å². The van der Waals surface area contributed by atoms with Crippen molar-refractivity contribution in [3.8, 4) is 28.3 Å². The minimum Gasteiger partial charge on any atom is -0.496 e. The van der Waals surface area contributed by atoms with Crippen molar-refractivity contribution >= 4 is 16.8 Å². The lowest BCUT2D eigenvalue weighted by Crippen LogP contribution is -2.37. The molecule has 7 heteroatoms. The van der Waals surface area contributed by atoms with E-state index in [1.165, 1.54) is 10.1 Å². The van der Waals surface area contributed by atoms with E-state index in [-0.39, 0.29) is 24.1 Å². The molecule has 7 nitrogen and oxygen atoms in total. The molecule has 0 spiro atoms. The predicted octanol–water partition coefficient (Wildman–Crippen LogP) is 4.33. The van der Waals surface area contributed by atoms with Gasteiger partial charge in [-0.1, -0.05) is 36.4 Å². The van der Waals surface area contributed by atoms with Gasteiger partial charge >= 0.3 is 0 Å². The molecule has 186 valence electrons. The molecule has 0 fully saturated rings. The molecule has 0 aliphatic carbocycles. The van der Waals surface area contributed by atoms with Gasteiger partial charge in [-0.25, -0.2) is 4.98 Å². The fourth-order valence-electron chi connectivity index (χ4n) is 4.31. The summed E-state index contributed by atoms with van der Waals surface area (Å²) in [5, 5.41) is 3.33. The molecule has 1 heterocycles. The van der Waals surface area contributed by atoms with Crippen LogP contribution in [0.5, 0.6) is 5.75 Å². The summed E-state index contributed by atoms with van der Waals surface area (Å²) in [5.74, 6) is 0.720. The van der Waals surface area contributed by atoms with Gasteiger partial charge in [0, 0.05) is 12.6 Å². The number of ether oxygens (including phenoxy) is 1. The van der Waals surface area contributed by atoms with Gasteiger partial charge in [0.15, 0.2) is 0 Å². The largest absolute Gasteiger partial charge is 0.496 e. The number of para-hydroxylation sites is 1. The Balaban J connectivity index is 1.89. The Hall–Kier alpha value is -3.97. The highest BCUT2D eigenvalue weighted by atomic mass is 16.5. The number of hydrogen-bond donors (Lipinski definition) is 1. The number of nitrogens with zero attached hydrogens (tertiary/aromatic N) is 3. The predicted molar refractivity (Wildman–Crippen MR) is 144 cm³/mol. The summed E-state index contributed by atoms with van der Waals surface area (Å²) in [4.78, 5) is 33.5. The Morgan fingerprint density at radius 2 is 1.78 bits per heavy atom. The summed E-state index contributed by atoms with van der Waals surface area (Å²) in [5.41, 5.74) is 4.07. The van der Waals surface area contributed by atoms with Crippen LogP contribution in [0.25, 0.3) is 33.4 Å². The van der Waals surface area contributed by atoms with Gasteiger partial charge in [-0.05, 0) is 75.0 Å². The van der Waals surface area contributed by atoms with Gasteiger partial charge in [0.05, 0.1) is 23.6 Å². The number of hydrogen-bond acceptors (Lipinski definition) is 5. The first-order valence-electron chi connectivity index (χ1n) is 12.0. The second-order valence-corrected chi connectivity index (χ2v) is 9.42. The smallest absolute Gasteiger partial charge is 0.262 e. The maximum Gasteiger partial charge on any atom is 0.262 e. The molecule has 0 aliphatic heterocycles. The van der Waals surface area contributed by atoms with Crippen LogP contribution in [0.15, 0.2) is 71.5 Å². The quantitative estimate of drug-likeness (QED) is 0.403. The summed E-state index contributed by atoms with van der Waals surface area (Å²) in [7, 11) is 5.64. The van der Waals surface area contributed by atoms with Gasteiger partial charge in [-0.3, -0.25) is 14.2 Å². The van der Waals surface area contributed by atoms with Crippen molar-refractivity contribution in [1.82, 2.24) is 19.8 Å². The van der Waals surface area contributed by atoms with Crippen molar-refractivity contribution in [2.24, 2.45) is 0 Å². The van der Waals surface area contributed by atoms with Crippen LogP contribution in [0.2, 0.25) is 0 Å². The lowest BCUT2D eigenvalue weighted by molar-refractivity contribution is -0.122. The standard InChI is InChI=1S/C29H32N4O3/c1-19(2)30-27(34)18-33-28(23-11-6-7-12-26(23)36-5)31-25-14-13-22(16-24(25)29(33)35)21-10-8-9-20(15-21)17-32(3)4/h6-16,19H,17-18H2,1-5H3,(H,30,34). The minimum atomic E-state index is -0.272. The molecular weight excluding hydrogens is 452 g/mol. The monoisotopic (exact) mass is 484 g/mol. The molecule has 0 aliphatic rings. The van der Waals surface area contributed by atoms with E-state index in [4.69, 9.17) is 9.72 Å². The highest BCUT2D eigenvalue weighted by Crippen LogP contribution is 2.30. The van der Waals surface area contributed by atoms with Crippen molar-refractivity contribution in [2.45, 2.75) is 33.0 Å². The number of fused-ring (bicyclic) bond motifs is 1. The first kappa shape index (κ1) is 25.1. The van der Waals surface area contributed by atoms with E-state index in [1.54, 1.807) is 7.11 Å². The Bertz CT molecular complexity index is 1460. The fraction of sp³-hybridized carbons (Fsp3) is 0.276. The summed E-state index contributed by atoms with van der Waals surface area (Å²) in [6, 6.07) is 21.3. The number of benzene rings is 3. The molecule has 4 aromatic rings. The molecule has 0 atom stereocenters. The fourth-order valence-corrected chi connectivity index (χ4v) is 4.31. The first-order valence-corrected chi connectivity index (χ1v) is 12.0. The van der Waals surface area contributed by atoms with E-state index < -0.39 is 0 Å². The summed E-state index contributed by atoms with van der Waals surface area (Å²) < 4.78 is 6.97. The normalized spacial score (nSPS) is 11.3. The number of carbonyl (C=O) groups excluding carboxylic acids is 1. The number of nitrogens with one attached hydrogen (secondary N) is 1. The lowest BCUT2D eigenvalue weighted by atomic mass is 10.0. The van der Waals surface area contributed by atoms with E-state index in [0.717, 1.165) is 17.7 Å². The minimum absolute atomic E-state index is 0.0441. The third kappa shape index (κ3) is 5.47. The van der Waals surface area contributed by atoms with Crippen molar-refractivity contribution in [3.05, 3.63) is 82.6 Å². The summed E-state index contributed by atoms with van der Waals surface area (Å²) in [6.45, 7) is 4.45. The number of aromatic nitrogens is 2. The molecule has 0 radical (unpaired) electrons. The van der Waals surface area contributed by atoms with E-state index in [9.17, 15) is 9.59 Å². The molecule has 3 aromatic carbocycles. The van der Waals surface area contributed by atoms with E-state index in [2.05, 4.69) is 22.3 Å². The van der Waals surface area contributed by atoms with Crippen molar-refractivity contribution in [1.29, 1.82) is 0 Å². The Kier molecular flexibility index (Phi) is 7.50. The van der Waals surface area contributed by atoms with Crippen molar-refractivity contribution in [2.75, 3.05) is 21.2 Å². The number of carbonyl (C=O) groups is 1. The molecule has 36 heavy (non-hydrogen) atoms. The molecule has 1 amide bonds. The highest BCUT2D eigenvalue weighted by molar-refractivity contribution is 5.86. The molecule has 4 rings (SSSR count). The average molecular weight is 485 g/mol. The summed E-state index contributed by atoms with van der Waals surface area (Å²) in [6.07, 6.45) is 0. The molecule has 1 N–H and O–H groups in total. The SMILES string of the molecule is COc1ccccc1-c1nc2ccc(-c3cccc(CN(C)C)c3)cc2c(=O)n1CC(=O)NC(C)C. The van der Waals surface area contributed by atoms with Crippen LogP contribution in [-0.4, -0.2) is 47.6 Å². The molecule has 0 saturated heterocycles. The van der Waals surface area contributed by atoms with Gasteiger partial charge in [0.1, 0.15) is 18.1 Å². The average Bonchev–Trinajstić information content (AvgIpc) is 2.84. The maximum absolute atomic E-state index is 13.8. The van der Waals surface area contributed by atoms with Gasteiger partial charge in [-0.2, -0.15) is 0 Å². The maximum atomic E-state index is 13.8. The third-order valence-electron chi connectivity index (χ3n) is 5.81. The van der Waals surface area contributed by atoms with Crippen LogP contribution in [0.3, 0.4) is 0 Å². The lowest BCUT2D eigenvalue weighted by Gasteiger charge is -2.17. The molecule has 0 unspecified atom stereocenters. The zero-order chi connectivity index (χ0) is 25.8. The van der Waals surface area contributed by atoms with Crippen LogP contribution in [0.1, 0.15) is 19.4 Å². The van der Waals surface area contributed by atoms with Gasteiger partial charge in [0.25, 0.3) is 5.56 Å².